The van der Waals surface area contributed by atoms with Crippen LogP contribution in [0, 0.1) is 17.8 Å². The summed E-state index contributed by atoms with van der Waals surface area (Å²) >= 11 is 6.48. The Bertz CT molecular complexity index is 533. The SMILES string of the molecule is CCO/C=C/CC(C)CC1CC([C@@H]2OC(C)(C)[C@@H](O)[C@H](O)[C@H]2O)CC=C1Cl. The maximum absolute atomic E-state index is 10.5. The lowest BCUT2D eigenvalue weighted by molar-refractivity contribution is -0.268. The summed E-state index contributed by atoms with van der Waals surface area (Å²) in [6.07, 6.45) is 5.24. The fraction of sp³-hybridized carbons (Fsp3) is 0.810. The minimum absolute atomic E-state index is 0.0556. The van der Waals surface area contributed by atoms with Crippen LogP contribution in [0.1, 0.15) is 53.4 Å². The van der Waals surface area contributed by atoms with Crippen molar-refractivity contribution in [3.63, 3.8) is 0 Å². The van der Waals surface area contributed by atoms with E-state index in [1.807, 2.05) is 19.1 Å². The molecule has 0 aromatic rings. The van der Waals surface area contributed by atoms with Crippen LogP contribution in [-0.2, 0) is 9.47 Å². The largest absolute Gasteiger partial charge is 0.502 e. The zero-order chi connectivity index (χ0) is 20.2. The van der Waals surface area contributed by atoms with Gasteiger partial charge in [0.15, 0.2) is 0 Å². The molecule has 0 bridgehead atoms. The highest BCUT2D eigenvalue weighted by Crippen LogP contribution is 2.42. The summed E-state index contributed by atoms with van der Waals surface area (Å²) in [5.74, 6) is 0.720. The van der Waals surface area contributed by atoms with Gasteiger partial charge in [-0.05, 0) is 70.3 Å². The van der Waals surface area contributed by atoms with E-state index < -0.39 is 30.0 Å². The Kier molecular flexibility index (Phi) is 8.19. The summed E-state index contributed by atoms with van der Waals surface area (Å²) in [4.78, 5) is 0. The molecule has 1 fully saturated rings. The fourth-order valence-electron chi connectivity index (χ4n) is 4.17. The number of aliphatic hydroxyl groups is 3. The van der Waals surface area contributed by atoms with E-state index in [1.165, 1.54) is 0 Å². The molecule has 3 unspecified atom stereocenters. The predicted molar refractivity (Wildman–Crippen MR) is 106 cm³/mol. The van der Waals surface area contributed by atoms with Crippen LogP contribution in [-0.4, -0.2) is 51.9 Å². The molecule has 0 amide bonds. The third kappa shape index (κ3) is 5.70. The van der Waals surface area contributed by atoms with Crippen molar-refractivity contribution in [2.45, 2.75) is 83.4 Å². The number of aliphatic hydroxyl groups excluding tert-OH is 3. The van der Waals surface area contributed by atoms with Crippen molar-refractivity contribution in [2.24, 2.45) is 17.8 Å². The van der Waals surface area contributed by atoms with Crippen LogP contribution < -0.4 is 0 Å². The van der Waals surface area contributed by atoms with E-state index in [0.29, 0.717) is 18.9 Å². The van der Waals surface area contributed by atoms with Gasteiger partial charge >= 0.3 is 0 Å². The fourth-order valence-corrected chi connectivity index (χ4v) is 4.44. The first-order valence-electron chi connectivity index (χ1n) is 10.0. The van der Waals surface area contributed by atoms with E-state index in [4.69, 9.17) is 21.1 Å². The van der Waals surface area contributed by atoms with Crippen LogP contribution in [0.2, 0.25) is 0 Å². The van der Waals surface area contributed by atoms with Gasteiger partial charge in [0.25, 0.3) is 0 Å². The highest BCUT2D eigenvalue weighted by Gasteiger charge is 2.50. The van der Waals surface area contributed by atoms with E-state index in [-0.39, 0.29) is 11.8 Å². The standard InChI is InChI=1S/C21H35ClO5/c1-5-26-10-6-7-13(2)11-15-12-14(8-9-16(15)22)19-17(23)18(24)20(25)21(3,4)27-19/h6,9-10,13-15,17-20,23-25H,5,7-8,11-12H2,1-4H3/b10-6+/t13?,14?,15?,17-,18-,19+,20+/m1/s1. The van der Waals surface area contributed by atoms with Crippen molar-refractivity contribution in [1.82, 2.24) is 0 Å². The van der Waals surface area contributed by atoms with E-state index in [1.54, 1.807) is 20.1 Å². The molecule has 7 atom stereocenters. The first-order chi connectivity index (χ1) is 12.7. The molecule has 0 radical (unpaired) electrons. The van der Waals surface area contributed by atoms with Crippen molar-refractivity contribution in [1.29, 1.82) is 0 Å². The van der Waals surface area contributed by atoms with Crippen molar-refractivity contribution < 1.29 is 24.8 Å². The second-order valence-corrected chi connectivity index (χ2v) is 8.97. The molecule has 6 heteroatoms. The maximum atomic E-state index is 10.5. The minimum Gasteiger partial charge on any atom is -0.502 e. The van der Waals surface area contributed by atoms with E-state index in [2.05, 4.69) is 6.92 Å². The molecule has 27 heavy (non-hydrogen) atoms. The summed E-state index contributed by atoms with van der Waals surface area (Å²) in [6.45, 7) is 8.31. The molecule has 1 aliphatic heterocycles. The number of hydrogen-bond acceptors (Lipinski definition) is 5. The van der Waals surface area contributed by atoms with Crippen LogP contribution in [0.3, 0.4) is 0 Å². The Morgan fingerprint density at radius 2 is 2.04 bits per heavy atom. The second kappa shape index (κ2) is 9.75. The molecule has 2 aliphatic rings. The Balaban J connectivity index is 2.00. The zero-order valence-electron chi connectivity index (χ0n) is 16.8. The average molecular weight is 403 g/mol. The van der Waals surface area contributed by atoms with Gasteiger partial charge in [0.1, 0.15) is 18.3 Å². The summed E-state index contributed by atoms with van der Waals surface area (Å²) in [5, 5.41) is 31.7. The van der Waals surface area contributed by atoms with Gasteiger partial charge in [0.05, 0.1) is 24.6 Å². The first-order valence-corrected chi connectivity index (χ1v) is 10.4. The molecule has 0 saturated carbocycles. The second-order valence-electron chi connectivity index (χ2n) is 8.53. The van der Waals surface area contributed by atoms with E-state index >= 15 is 0 Å². The molecule has 1 saturated heterocycles. The van der Waals surface area contributed by atoms with Crippen LogP contribution in [0.25, 0.3) is 0 Å². The van der Waals surface area contributed by atoms with Crippen molar-refractivity contribution >= 4 is 11.6 Å². The van der Waals surface area contributed by atoms with Gasteiger partial charge in [-0.1, -0.05) is 24.6 Å². The molecule has 1 aliphatic carbocycles. The predicted octanol–water partition coefficient (Wildman–Crippen LogP) is 3.36. The molecule has 0 aromatic heterocycles. The molecule has 0 aromatic carbocycles. The maximum Gasteiger partial charge on any atom is 0.111 e. The van der Waals surface area contributed by atoms with Gasteiger partial charge in [-0.25, -0.2) is 0 Å². The van der Waals surface area contributed by atoms with Crippen molar-refractivity contribution in [2.75, 3.05) is 6.61 Å². The van der Waals surface area contributed by atoms with Gasteiger partial charge < -0.3 is 24.8 Å². The van der Waals surface area contributed by atoms with Gasteiger partial charge in [0, 0.05) is 5.03 Å². The summed E-state index contributed by atoms with van der Waals surface area (Å²) < 4.78 is 11.3. The Hall–Kier alpha value is -0.590. The number of hydrogen-bond donors (Lipinski definition) is 3. The van der Waals surface area contributed by atoms with Gasteiger partial charge in [-0.2, -0.15) is 0 Å². The van der Waals surface area contributed by atoms with Crippen molar-refractivity contribution in [3.05, 3.63) is 23.4 Å². The summed E-state index contributed by atoms with van der Waals surface area (Å²) in [6, 6.07) is 0. The van der Waals surface area contributed by atoms with Crippen LogP contribution in [0.15, 0.2) is 23.4 Å². The highest BCUT2D eigenvalue weighted by atomic mass is 35.5. The average Bonchev–Trinajstić information content (AvgIpc) is 2.62. The molecular formula is C21H35ClO5. The number of allylic oxidation sites excluding steroid dienone is 3. The van der Waals surface area contributed by atoms with Crippen LogP contribution >= 0.6 is 11.6 Å². The molecular weight excluding hydrogens is 368 g/mol. The zero-order valence-corrected chi connectivity index (χ0v) is 17.6. The number of halogens is 1. The lowest BCUT2D eigenvalue weighted by Crippen LogP contribution is -2.63. The third-order valence-corrected chi connectivity index (χ3v) is 6.27. The third-order valence-electron chi connectivity index (χ3n) is 5.80. The lowest BCUT2D eigenvalue weighted by Gasteiger charge is -2.49. The lowest BCUT2D eigenvalue weighted by atomic mass is 9.75. The van der Waals surface area contributed by atoms with E-state index in [9.17, 15) is 15.3 Å². The molecule has 2 rings (SSSR count). The first kappa shape index (κ1) is 22.7. The van der Waals surface area contributed by atoms with Crippen molar-refractivity contribution in [3.8, 4) is 0 Å². The Morgan fingerprint density at radius 1 is 1.33 bits per heavy atom. The van der Waals surface area contributed by atoms with Gasteiger partial charge in [-0.3, -0.25) is 0 Å². The van der Waals surface area contributed by atoms with Gasteiger partial charge in [0.2, 0.25) is 0 Å². The smallest absolute Gasteiger partial charge is 0.111 e. The molecule has 0 spiro atoms. The van der Waals surface area contributed by atoms with Gasteiger partial charge in [-0.15, -0.1) is 0 Å². The van der Waals surface area contributed by atoms with Crippen LogP contribution in [0.5, 0.6) is 0 Å². The molecule has 5 nitrogen and oxygen atoms in total. The molecule has 156 valence electrons. The molecule has 3 N–H and O–H groups in total. The number of ether oxygens (including phenoxy) is 2. The molecule has 1 heterocycles. The monoisotopic (exact) mass is 402 g/mol. The number of rotatable bonds is 7. The van der Waals surface area contributed by atoms with Crippen LogP contribution in [0.4, 0.5) is 0 Å². The quantitative estimate of drug-likeness (QED) is 0.569. The topological polar surface area (TPSA) is 79.2 Å². The summed E-state index contributed by atoms with van der Waals surface area (Å²) in [7, 11) is 0. The van der Waals surface area contributed by atoms with E-state index in [0.717, 1.165) is 24.3 Å². The minimum atomic E-state index is -1.21. The normalized spacial score (nSPS) is 37.9. The summed E-state index contributed by atoms with van der Waals surface area (Å²) in [5.41, 5.74) is -0.902. The Labute approximate surface area is 168 Å². The Morgan fingerprint density at radius 3 is 2.70 bits per heavy atom. The highest BCUT2D eigenvalue weighted by molar-refractivity contribution is 6.29.